The summed E-state index contributed by atoms with van der Waals surface area (Å²) in [7, 11) is 0. The van der Waals surface area contributed by atoms with E-state index in [2.05, 4.69) is 5.32 Å². The number of aliphatic hydroxyl groups is 1. The lowest BCUT2D eigenvalue weighted by Crippen LogP contribution is -2.48. The Labute approximate surface area is 109 Å². The average molecular weight is 258 g/mol. The molecule has 1 aliphatic heterocycles. The van der Waals surface area contributed by atoms with E-state index in [1.54, 1.807) is 11.8 Å². The summed E-state index contributed by atoms with van der Waals surface area (Å²) >= 11 is 0. The molecule has 5 nitrogen and oxygen atoms in total. The number of hydrogen-bond donors (Lipinski definition) is 2. The van der Waals surface area contributed by atoms with Gasteiger partial charge in [-0.25, -0.2) is 4.79 Å². The van der Waals surface area contributed by atoms with Gasteiger partial charge in [0.1, 0.15) is 6.10 Å². The third-order valence-electron chi connectivity index (χ3n) is 3.14. The molecule has 1 aliphatic rings. The fourth-order valence-electron chi connectivity index (χ4n) is 1.93. The first-order valence-corrected chi connectivity index (χ1v) is 6.65. The number of ether oxygens (including phenoxy) is 1. The molecule has 0 radical (unpaired) electrons. The number of piperazine rings is 1. The van der Waals surface area contributed by atoms with Gasteiger partial charge >= 0.3 is 6.09 Å². The Morgan fingerprint density at radius 3 is 2.39 bits per heavy atom. The summed E-state index contributed by atoms with van der Waals surface area (Å²) in [6, 6.07) is 0. The van der Waals surface area contributed by atoms with Gasteiger partial charge in [0, 0.05) is 32.6 Å². The van der Waals surface area contributed by atoms with E-state index in [1.165, 1.54) is 0 Å². The van der Waals surface area contributed by atoms with Crippen LogP contribution in [0.3, 0.4) is 0 Å². The molecule has 1 saturated heterocycles. The topological polar surface area (TPSA) is 61.8 Å². The van der Waals surface area contributed by atoms with Crippen LogP contribution in [0.4, 0.5) is 4.79 Å². The monoisotopic (exact) mass is 258 g/mol. The highest BCUT2D eigenvalue weighted by molar-refractivity contribution is 5.68. The molecule has 0 aromatic carbocycles. The van der Waals surface area contributed by atoms with Gasteiger partial charge in [-0.3, -0.25) is 0 Å². The van der Waals surface area contributed by atoms with E-state index in [1.807, 2.05) is 20.8 Å². The number of aliphatic hydroxyl groups excluding tert-OH is 1. The molecule has 0 saturated carbocycles. The first-order valence-electron chi connectivity index (χ1n) is 6.65. The minimum absolute atomic E-state index is 0.166. The number of nitrogens with zero attached hydrogens (tertiary/aromatic N) is 1. The number of carbonyl (C=O) groups is 1. The van der Waals surface area contributed by atoms with Crippen molar-refractivity contribution in [1.29, 1.82) is 0 Å². The Kier molecular flexibility index (Phi) is 5.41. The van der Waals surface area contributed by atoms with Crippen molar-refractivity contribution in [3.8, 4) is 0 Å². The van der Waals surface area contributed by atoms with Crippen molar-refractivity contribution in [2.45, 2.75) is 46.3 Å². The van der Waals surface area contributed by atoms with Crippen LogP contribution in [0.2, 0.25) is 0 Å². The zero-order chi connectivity index (χ0) is 13.8. The van der Waals surface area contributed by atoms with Crippen molar-refractivity contribution in [3.63, 3.8) is 0 Å². The summed E-state index contributed by atoms with van der Waals surface area (Å²) < 4.78 is 5.56. The lowest BCUT2D eigenvalue weighted by Gasteiger charge is -2.34. The lowest BCUT2D eigenvalue weighted by atomic mass is 9.86. The quantitative estimate of drug-likeness (QED) is 0.799. The molecular formula is C13H26N2O3. The Morgan fingerprint density at radius 1 is 1.39 bits per heavy atom. The highest BCUT2D eigenvalue weighted by Crippen LogP contribution is 2.26. The Morgan fingerprint density at radius 2 is 1.94 bits per heavy atom. The van der Waals surface area contributed by atoms with Crippen molar-refractivity contribution in [2.75, 3.05) is 26.2 Å². The molecule has 0 aliphatic carbocycles. The summed E-state index contributed by atoms with van der Waals surface area (Å²) in [4.78, 5) is 13.8. The smallest absolute Gasteiger partial charge is 0.410 e. The molecule has 1 amide bonds. The zero-order valence-electron chi connectivity index (χ0n) is 11.9. The van der Waals surface area contributed by atoms with Crippen LogP contribution >= 0.6 is 0 Å². The second-order valence-electron chi connectivity index (χ2n) is 6.06. The Balaban J connectivity index is 2.56. The van der Waals surface area contributed by atoms with Gasteiger partial charge in [0.2, 0.25) is 0 Å². The maximum atomic E-state index is 12.0. The van der Waals surface area contributed by atoms with Crippen LogP contribution in [-0.2, 0) is 4.74 Å². The van der Waals surface area contributed by atoms with Crippen LogP contribution < -0.4 is 5.32 Å². The fraction of sp³-hybridized carbons (Fsp3) is 0.923. The van der Waals surface area contributed by atoms with Gasteiger partial charge < -0.3 is 20.1 Å². The maximum Gasteiger partial charge on any atom is 0.410 e. The van der Waals surface area contributed by atoms with E-state index >= 15 is 0 Å². The third kappa shape index (κ3) is 4.82. The molecule has 0 spiro atoms. The van der Waals surface area contributed by atoms with E-state index < -0.39 is 6.10 Å². The number of nitrogens with one attached hydrogen (secondary N) is 1. The van der Waals surface area contributed by atoms with E-state index in [-0.39, 0.29) is 17.6 Å². The predicted octanol–water partition coefficient (Wildman–Crippen LogP) is 1.21. The highest BCUT2D eigenvalue weighted by Gasteiger charge is 2.31. The molecule has 106 valence electrons. The van der Waals surface area contributed by atoms with E-state index in [0.717, 1.165) is 13.1 Å². The molecule has 2 unspecified atom stereocenters. The van der Waals surface area contributed by atoms with Crippen molar-refractivity contribution in [3.05, 3.63) is 0 Å². The fourth-order valence-corrected chi connectivity index (χ4v) is 1.93. The highest BCUT2D eigenvalue weighted by atomic mass is 16.6. The summed E-state index contributed by atoms with van der Waals surface area (Å²) in [6.45, 7) is 10.8. The summed E-state index contributed by atoms with van der Waals surface area (Å²) in [5.74, 6) is 0. The molecule has 0 aromatic heterocycles. The molecule has 18 heavy (non-hydrogen) atoms. The van der Waals surface area contributed by atoms with Gasteiger partial charge in [0.25, 0.3) is 0 Å². The van der Waals surface area contributed by atoms with E-state index in [4.69, 9.17) is 4.74 Å². The molecule has 1 heterocycles. The molecular weight excluding hydrogens is 232 g/mol. The molecule has 2 atom stereocenters. The summed E-state index contributed by atoms with van der Waals surface area (Å²) in [5, 5.41) is 12.7. The summed E-state index contributed by atoms with van der Waals surface area (Å²) in [6.07, 6.45) is -0.525. The van der Waals surface area contributed by atoms with Gasteiger partial charge in [-0.15, -0.1) is 0 Å². The zero-order valence-corrected chi connectivity index (χ0v) is 11.9. The number of hydrogen-bond acceptors (Lipinski definition) is 4. The number of carbonyl (C=O) groups excluding carboxylic acids is 1. The van der Waals surface area contributed by atoms with Gasteiger partial charge in [0.15, 0.2) is 0 Å². The standard InChI is InChI=1S/C13H26N2O3/c1-10(16)9-11(13(2,3)4)18-12(17)15-7-5-14-6-8-15/h10-11,14,16H,5-9H2,1-4H3. The van der Waals surface area contributed by atoms with Crippen LogP contribution in [0.1, 0.15) is 34.1 Å². The van der Waals surface area contributed by atoms with Crippen molar-refractivity contribution in [1.82, 2.24) is 10.2 Å². The Hall–Kier alpha value is -0.810. The number of amides is 1. The van der Waals surface area contributed by atoms with Gasteiger partial charge in [-0.05, 0) is 12.3 Å². The van der Waals surface area contributed by atoms with Crippen LogP contribution in [-0.4, -0.2) is 54.5 Å². The molecule has 0 bridgehead atoms. The van der Waals surface area contributed by atoms with Crippen molar-refractivity contribution >= 4 is 6.09 Å². The molecule has 0 aromatic rings. The van der Waals surface area contributed by atoms with Crippen molar-refractivity contribution in [2.24, 2.45) is 5.41 Å². The lowest BCUT2D eigenvalue weighted by molar-refractivity contribution is -0.0161. The summed E-state index contributed by atoms with van der Waals surface area (Å²) in [5.41, 5.74) is -0.166. The average Bonchev–Trinajstić information content (AvgIpc) is 2.27. The maximum absolute atomic E-state index is 12.0. The molecule has 1 fully saturated rings. The van der Waals surface area contributed by atoms with Crippen LogP contribution in [0.25, 0.3) is 0 Å². The van der Waals surface area contributed by atoms with Crippen LogP contribution in [0.5, 0.6) is 0 Å². The second-order valence-corrected chi connectivity index (χ2v) is 6.06. The van der Waals surface area contributed by atoms with Gasteiger partial charge in [0.05, 0.1) is 6.10 Å². The minimum Gasteiger partial charge on any atom is -0.445 e. The molecule has 5 heteroatoms. The molecule has 2 N–H and O–H groups in total. The van der Waals surface area contributed by atoms with E-state index in [9.17, 15) is 9.90 Å². The Bertz CT molecular complexity index is 268. The van der Waals surface area contributed by atoms with Gasteiger partial charge in [-0.1, -0.05) is 20.8 Å². The van der Waals surface area contributed by atoms with Gasteiger partial charge in [-0.2, -0.15) is 0 Å². The number of rotatable bonds is 3. The van der Waals surface area contributed by atoms with Crippen LogP contribution in [0.15, 0.2) is 0 Å². The SMILES string of the molecule is CC(O)CC(OC(=O)N1CCNCC1)C(C)(C)C. The first-order chi connectivity index (χ1) is 8.30. The van der Waals surface area contributed by atoms with Crippen molar-refractivity contribution < 1.29 is 14.6 Å². The largest absolute Gasteiger partial charge is 0.445 e. The second kappa shape index (κ2) is 6.38. The molecule has 1 rings (SSSR count). The van der Waals surface area contributed by atoms with Crippen LogP contribution in [0, 0.1) is 5.41 Å². The first kappa shape index (κ1) is 15.2. The van der Waals surface area contributed by atoms with E-state index in [0.29, 0.717) is 19.5 Å². The minimum atomic E-state index is -0.468. The predicted molar refractivity (Wildman–Crippen MR) is 70.5 cm³/mol. The third-order valence-corrected chi connectivity index (χ3v) is 3.14. The normalized spacial score (nSPS) is 20.4.